The number of carbonyl (C=O) groups excluding carboxylic acids is 1. The van der Waals surface area contributed by atoms with Crippen LogP contribution in [0.3, 0.4) is 0 Å². The van der Waals surface area contributed by atoms with Gasteiger partial charge in [0.1, 0.15) is 41.4 Å². The molecule has 8 nitrogen and oxygen atoms in total. The number of benzene rings is 2. The van der Waals surface area contributed by atoms with Crippen LogP contribution in [0.1, 0.15) is 26.7 Å². The first-order valence-corrected chi connectivity index (χ1v) is 10.9. The summed E-state index contributed by atoms with van der Waals surface area (Å²) >= 11 is 1.39. The number of rotatable bonds is 11. The molecule has 0 aliphatic heterocycles. The largest absolute Gasteiger partial charge is 0.505 e. The molecule has 0 amide bonds. The average molecular weight is 444 g/mol. The minimum absolute atomic E-state index is 0.0919. The van der Waals surface area contributed by atoms with E-state index in [1.165, 1.54) is 12.0 Å². The number of unbranched alkanes of at least 4 members (excludes halogenated alkanes) is 1. The van der Waals surface area contributed by atoms with Crippen molar-refractivity contribution in [2.24, 2.45) is 0 Å². The number of aromatic nitrogens is 3. The summed E-state index contributed by atoms with van der Waals surface area (Å²) < 4.78 is 20.1. The van der Waals surface area contributed by atoms with E-state index in [2.05, 4.69) is 19.6 Å². The van der Waals surface area contributed by atoms with Crippen LogP contribution in [0.5, 0.6) is 11.5 Å². The predicted octanol–water partition coefficient (Wildman–Crippen LogP) is 4.45. The third-order valence-corrected chi connectivity index (χ3v) is 5.45. The first kappa shape index (κ1) is 21.2. The molecule has 0 unspecified atom stereocenters. The van der Waals surface area contributed by atoms with Crippen molar-refractivity contribution >= 4 is 29.0 Å². The Hall–Kier alpha value is -3.04. The van der Waals surface area contributed by atoms with Crippen LogP contribution < -0.4 is 4.74 Å². The molecular formula is C22H25N3O5S. The lowest BCUT2D eigenvalue weighted by Gasteiger charge is -2.08. The summed E-state index contributed by atoms with van der Waals surface area (Å²) in [5.41, 5.74) is 3.11. The second kappa shape index (κ2) is 8.99. The van der Waals surface area contributed by atoms with Crippen molar-refractivity contribution in [1.29, 1.82) is 0 Å². The molecule has 0 aliphatic rings. The van der Waals surface area contributed by atoms with Crippen LogP contribution in [0.15, 0.2) is 53.4 Å². The van der Waals surface area contributed by atoms with Crippen molar-refractivity contribution in [1.82, 2.24) is 14.1 Å². The molecule has 0 spiro atoms. The van der Waals surface area contributed by atoms with Gasteiger partial charge in [0.2, 0.25) is 0 Å². The van der Waals surface area contributed by atoms with Gasteiger partial charge in [-0.2, -0.15) is 0 Å². The second-order valence-corrected chi connectivity index (χ2v) is 8.07. The normalized spacial score (nSPS) is 11.5. The molecule has 2 heterocycles. The number of hydrogen-bond donors (Lipinski definition) is 1. The number of aromatic hydroxyl groups is 1. The number of hydrogen-bond acceptors (Lipinski definition) is 6. The van der Waals surface area contributed by atoms with Crippen LogP contribution in [-0.2, 0) is 13.7 Å². The van der Waals surface area contributed by atoms with Crippen molar-refractivity contribution in [3.63, 3.8) is 0 Å². The van der Waals surface area contributed by atoms with Gasteiger partial charge in [-0.1, -0.05) is 19.9 Å². The third kappa shape index (κ3) is 4.38. The molecule has 0 saturated carbocycles. The van der Waals surface area contributed by atoms with Gasteiger partial charge in [-0.3, -0.25) is 0 Å². The van der Waals surface area contributed by atoms with Crippen molar-refractivity contribution in [2.75, 3.05) is 19.8 Å². The van der Waals surface area contributed by atoms with E-state index in [1.807, 2.05) is 26.2 Å². The SMILES string of the molecule is C=C(C)C(=O)OCCOc1ccc(-n2n3c4ccc(SOCCCC)cc4n23)c(O)c1. The Kier molecular flexibility index (Phi) is 6.15. The number of phenols is 1. The van der Waals surface area contributed by atoms with Crippen LogP contribution in [0.2, 0.25) is 0 Å². The lowest BCUT2D eigenvalue weighted by Crippen LogP contribution is -2.12. The first-order chi connectivity index (χ1) is 15.0. The molecule has 0 atom stereocenters. The summed E-state index contributed by atoms with van der Waals surface area (Å²) in [5, 5.41) is 10.5. The second-order valence-electron chi connectivity index (χ2n) is 7.19. The Morgan fingerprint density at radius 3 is 2.65 bits per heavy atom. The fourth-order valence-electron chi connectivity index (χ4n) is 3.07. The number of phenolic OH excluding ortho intramolecular Hbond substituents is 1. The Morgan fingerprint density at radius 2 is 1.90 bits per heavy atom. The minimum atomic E-state index is -0.449. The summed E-state index contributed by atoms with van der Waals surface area (Å²) in [7, 11) is 0. The van der Waals surface area contributed by atoms with Crippen molar-refractivity contribution in [3.05, 3.63) is 48.6 Å². The van der Waals surface area contributed by atoms with Gasteiger partial charge in [0.15, 0.2) is 0 Å². The number of ether oxygens (including phenoxy) is 2. The van der Waals surface area contributed by atoms with Gasteiger partial charge in [-0.05, 0) is 43.7 Å². The summed E-state index contributed by atoms with van der Waals surface area (Å²) in [6.45, 7) is 8.28. The highest BCUT2D eigenvalue weighted by molar-refractivity contribution is 7.94. The smallest absolute Gasteiger partial charge is 0.333 e. The van der Waals surface area contributed by atoms with Gasteiger partial charge in [-0.25, -0.2) is 4.79 Å². The van der Waals surface area contributed by atoms with E-state index < -0.39 is 5.97 Å². The Bertz CT molecular complexity index is 1210. The van der Waals surface area contributed by atoms with Crippen LogP contribution in [0.4, 0.5) is 0 Å². The lowest BCUT2D eigenvalue weighted by molar-refractivity contribution is -0.139. The summed E-state index contributed by atoms with van der Waals surface area (Å²) in [6, 6.07) is 11.2. The van der Waals surface area contributed by atoms with Gasteiger partial charge in [0, 0.05) is 28.6 Å². The molecule has 0 aliphatic carbocycles. The van der Waals surface area contributed by atoms with Crippen molar-refractivity contribution in [3.8, 4) is 17.2 Å². The van der Waals surface area contributed by atoms with Crippen LogP contribution in [0.25, 0.3) is 16.7 Å². The molecule has 31 heavy (non-hydrogen) atoms. The van der Waals surface area contributed by atoms with Crippen molar-refractivity contribution in [2.45, 2.75) is 31.6 Å². The van der Waals surface area contributed by atoms with Gasteiger partial charge in [-0.15, -0.1) is 14.1 Å². The maximum Gasteiger partial charge on any atom is 0.333 e. The Balaban J connectivity index is 1.40. The predicted molar refractivity (Wildman–Crippen MR) is 119 cm³/mol. The number of esters is 1. The molecule has 0 radical (unpaired) electrons. The third-order valence-electron chi connectivity index (χ3n) is 4.72. The van der Waals surface area contributed by atoms with E-state index in [1.54, 1.807) is 25.1 Å². The summed E-state index contributed by atoms with van der Waals surface area (Å²) in [6.07, 6.45) is 2.16. The summed E-state index contributed by atoms with van der Waals surface area (Å²) in [4.78, 5) is 14.3. The molecule has 4 rings (SSSR count). The molecule has 164 valence electrons. The Labute approximate surface area is 184 Å². The van der Waals surface area contributed by atoms with E-state index in [9.17, 15) is 9.90 Å². The molecule has 0 fully saturated rings. The highest BCUT2D eigenvalue weighted by Crippen LogP contribution is 2.34. The first-order valence-electron chi connectivity index (χ1n) is 10.1. The quantitative estimate of drug-likeness (QED) is 0.160. The zero-order chi connectivity index (χ0) is 22.0. The van der Waals surface area contributed by atoms with Crippen LogP contribution in [-0.4, -0.2) is 45.0 Å². The molecule has 9 heteroatoms. The minimum Gasteiger partial charge on any atom is -0.505 e. The highest BCUT2D eigenvalue weighted by atomic mass is 32.2. The van der Waals surface area contributed by atoms with Gasteiger partial charge in [0.25, 0.3) is 0 Å². The molecule has 2 aromatic heterocycles. The molecule has 2 aromatic carbocycles. The van der Waals surface area contributed by atoms with E-state index >= 15 is 0 Å². The highest BCUT2D eigenvalue weighted by Gasteiger charge is 2.26. The monoisotopic (exact) mass is 443 g/mol. The topological polar surface area (TPSA) is 78.7 Å². The van der Waals surface area contributed by atoms with Gasteiger partial charge >= 0.3 is 5.97 Å². The van der Waals surface area contributed by atoms with Gasteiger partial charge in [0.05, 0.1) is 6.61 Å². The van der Waals surface area contributed by atoms with Crippen LogP contribution in [0, 0.1) is 0 Å². The number of nitrogens with zero attached hydrogens (tertiary/aromatic N) is 3. The maximum absolute atomic E-state index is 11.4. The van der Waals surface area contributed by atoms with E-state index in [0.29, 0.717) is 17.0 Å². The number of fused-ring (bicyclic) bond motifs is 4. The molecule has 0 saturated heterocycles. The van der Waals surface area contributed by atoms with E-state index in [-0.39, 0.29) is 19.0 Å². The zero-order valence-electron chi connectivity index (χ0n) is 17.5. The number of carbonyl (C=O) groups is 1. The van der Waals surface area contributed by atoms with E-state index in [4.69, 9.17) is 13.7 Å². The molecule has 4 aromatic rings. The average Bonchev–Trinajstić information content (AvgIpc) is 3.41. The van der Waals surface area contributed by atoms with E-state index in [0.717, 1.165) is 35.4 Å². The zero-order valence-corrected chi connectivity index (χ0v) is 18.4. The molecule has 1 N–H and O–H groups in total. The fraction of sp³-hybridized carbons (Fsp3) is 0.318. The maximum atomic E-state index is 11.4. The Morgan fingerprint density at radius 1 is 1.10 bits per heavy atom. The lowest BCUT2D eigenvalue weighted by atomic mass is 10.3. The van der Waals surface area contributed by atoms with Gasteiger partial charge < -0.3 is 18.8 Å². The summed E-state index contributed by atoms with van der Waals surface area (Å²) in [5.74, 6) is 0.136. The van der Waals surface area contributed by atoms with Crippen molar-refractivity contribution < 1.29 is 23.6 Å². The molecule has 0 bridgehead atoms. The fourth-order valence-corrected chi connectivity index (χ4v) is 3.69. The standard InChI is InChI=1S/C22H25N3O5S/c1-4-5-10-30-31-17-7-9-18-20(14-17)25-23(18)24(25)19-8-6-16(13-21(19)26)28-11-12-29-22(27)15(2)3/h6-9,13-14,26H,2,4-5,10-12H2,1,3H3. The van der Waals surface area contributed by atoms with Crippen LogP contribution >= 0.6 is 12.0 Å². The molecular weight excluding hydrogens is 418 g/mol.